The normalized spacial score (nSPS) is 43.0. The van der Waals surface area contributed by atoms with Crippen molar-refractivity contribution < 1.29 is 44.4 Å². The van der Waals surface area contributed by atoms with Crippen LogP contribution in [0.4, 0.5) is 0 Å². The molecule has 0 heterocycles. The number of phosphoric ester groups is 1. The summed E-state index contributed by atoms with van der Waals surface area (Å²) in [5.74, 6) is 0. The quantitative estimate of drug-likeness (QED) is 0.244. The van der Waals surface area contributed by atoms with Crippen molar-refractivity contribution in [3.8, 4) is 0 Å². The smallest absolute Gasteiger partial charge is 0.790 e. The van der Waals surface area contributed by atoms with Crippen LogP contribution in [0.3, 0.4) is 0 Å². The first kappa shape index (κ1) is 17.7. The molecule has 0 aromatic carbocycles. The van der Waals surface area contributed by atoms with Gasteiger partial charge in [0.25, 0.3) is 0 Å². The predicted molar refractivity (Wildman–Crippen MR) is 48.3 cm³/mol. The number of rotatable bonds is 2. The summed E-state index contributed by atoms with van der Waals surface area (Å²) in [6.45, 7) is 0. The summed E-state index contributed by atoms with van der Waals surface area (Å²) in [5.41, 5.74) is 0. The van der Waals surface area contributed by atoms with Gasteiger partial charge >= 0.3 is 23.1 Å². The Kier molecular flexibility index (Phi) is 6.46. The maximum atomic E-state index is 10.3. The van der Waals surface area contributed by atoms with Gasteiger partial charge in [-0.25, -0.2) is 0 Å². The summed E-state index contributed by atoms with van der Waals surface area (Å²) < 4.78 is 14.1. The number of hydrogen-bond acceptors (Lipinski definition) is 9. The Morgan fingerprint density at radius 3 is 1.41 bits per heavy atom. The molecular formula is C6H11MgO9P. The molecule has 1 fully saturated rings. The Balaban J connectivity index is 0.00000256. The van der Waals surface area contributed by atoms with Crippen molar-refractivity contribution in [1.82, 2.24) is 0 Å². The van der Waals surface area contributed by atoms with E-state index in [0.717, 1.165) is 0 Å². The molecule has 0 amide bonds. The molecule has 0 unspecified atom stereocenters. The summed E-state index contributed by atoms with van der Waals surface area (Å²) in [6.07, 6.45) is -11.8. The van der Waals surface area contributed by atoms with Crippen LogP contribution < -0.4 is 9.79 Å². The first-order valence-corrected chi connectivity index (χ1v) is 5.72. The second kappa shape index (κ2) is 6.22. The molecular weight excluding hydrogens is 271 g/mol. The Bertz CT molecular complexity index is 279. The maximum Gasteiger partial charge on any atom is 2.00 e. The van der Waals surface area contributed by atoms with Gasteiger partial charge in [0.05, 0.1) is 7.82 Å². The third-order valence-corrected chi connectivity index (χ3v) is 2.83. The minimum absolute atomic E-state index is 0. The Morgan fingerprint density at radius 2 is 1.12 bits per heavy atom. The van der Waals surface area contributed by atoms with Crippen molar-refractivity contribution in [1.29, 1.82) is 0 Å². The van der Waals surface area contributed by atoms with Gasteiger partial charge in [0.1, 0.15) is 36.6 Å². The van der Waals surface area contributed by atoms with Gasteiger partial charge < -0.3 is 44.4 Å². The average molecular weight is 282 g/mol. The fourth-order valence-electron chi connectivity index (χ4n) is 1.47. The molecule has 96 valence electrons. The molecule has 1 aliphatic rings. The van der Waals surface area contributed by atoms with Crippen LogP contribution in [0.1, 0.15) is 0 Å². The second-order valence-corrected chi connectivity index (χ2v) is 4.58. The largest absolute Gasteiger partial charge is 2.00 e. The van der Waals surface area contributed by atoms with Gasteiger partial charge in [-0.2, -0.15) is 0 Å². The van der Waals surface area contributed by atoms with Crippen molar-refractivity contribution in [2.75, 3.05) is 0 Å². The summed E-state index contributed by atoms with van der Waals surface area (Å²) in [5, 5.41) is 45.9. The molecule has 0 bridgehead atoms. The van der Waals surface area contributed by atoms with E-state index in [-0.39, 0.29) is 23.1 Å². The molecule has 5 N–H and O–H groups in total. The molecule has 9 nitrogen and oxygen atoms in total. The third kappa shape index (κ3) is 4.08. The summed E-state index contributed by atoms with van der Waals surface area (Å²) in [6, 6.07) is 0. The van der Waals surface area contributed by atoms with E-state index >= 15 is 0 Å². The van der Waals surface area contributed by atoms with Crippen molar-refractivity contribution >= 4 is 30.9 Å². The van der Waals surface area contributed by atoms with E-state index in [2.05, 4.69) is 4.52 Å². The number of hydrogen-bond donors (Lipinski definition) is 5. The standard InChI is InChI=1S/C6H13O9P.Mg/c7-1-2(8)4(10)6(5(11)3(1)9)15-16(12,13)14;/h1-11H,(H2,12,13,14);/q;+2/p-2/t1-,2-,3+,4-,5-,6-;/m0./s1. The van der Waals surface area contributed by atoms with Crippen LogP contribution in [0.15, 0.2) is 0 Å². The zero-order valence-corrected chi connectivity index (χ0v) is 10.8. The Labute approximate surface area is 112 Å². The van der Waals surface area contributed by atoms with E-state index in [9.17, 15) is 24.6 Å². The molecule has 17 heavy (non-hydrogen) atoms. The molecule has 0 spiro atoms. The minimum Gasteiger partial charge on any atom is -0.790 e. The number of aliphatic hydroxyl groups excluding tert-OH is 5. The van der Waals surface area contributed by atoms with Gasteiger partial charge in [0.15, 0.2) is 0 Å². The average Bonchev–Trinajstić information content (AvgIpc) is 2.17. The van der Waals surface area contributed by atoms with Crippen molar-refractivity contribution in [3.05, 3.63) is 0 Å². The van der Waals surface area contributed by atoms with Gasteiger partial charge in [0.2, 0.25) is 0 Å². The van der Waals surface area contributed by atoms with Crippen molar-refractivity contribution in [3.63, 3.8) is 0 Å². The topological polar surface area (TPSA) is 174 Å². The first-order valence-electron chi connectivity index (χ1n) is 4.26. The fraction of sp³-hybridized carbons (Fsp3) is 1.00. The van der Waals surface area contributed by atoms with Crippen LogP contribution >= 0.6 is 7.82 Å². The van der Waals surface area contributed by atoms with E-state index in [0.29, 0.717) is 0 Å². The molecule has 0 aromatic heterocycles. The maximum absolute atomic E-state index is 10.3. The zero-order valence-electron chi connectivity index (χ0n) is 8.49. The summed E-state index contributed by atoms with van der Waals surface area (Å²) >= 11 is 0. The third-order valence-electron chi connectivity index (χ3n) is 2.32. The van der Waals surface area contributed by atoms with Gasteiger partial charge in [-0.3, -0.25) is 0 Å². The monoisotopic (exact) mass is 282 g/mol. The van der Waals surface area contributed by atoms with E-state index in [1.54, 1.807) is 0 Å². The van der Waals surface area contributed by atoms with Crippen molar-refractivity contribution in [2.45, 2.75) is 36.6 Å². The zero-order chi connectivity index (χ0) is 12.7. The van der Waals surface area contributed by atoms with Gasteiger partial charge in [0, 0.05) is 0 Å². The molecule has 0 aliphatic heterocycles. The van der Waals surface area contributed by atoms with Gasteiger partial charge in [-0.05, 0) is 0 Å². The fourth-order valence-corrected chi connectivity index (χ4v) is 2.02. The summed E-state index contributed by atoms with van der Waals surface area (Å²) in [4.78, 5) is 20.6. The van der Waals surface area contributed by atoms with Crippen molar-refractivity contribution in [2.24, 2.45) is 0 Å². The summed E-state index contributed by atoms with van der Waals surface area (Å²) in [7, 11) is -5.51. The first-order chi connectivity index (χ1) is 7.15. The second-order valence-electron chi connectivity index (χ2n) is 3.47. The Morgan fingerprint density at radius 1 is 0.824 bits per heavy atom. The molecule has 1 saturated carbocycles. The van der Waals surface area contributed by atoms with E-state index < -0.39 is 44.4 Å². The van der Waals surface area contributed by atoms with Gasteiger partial charge in [-0.1, -0.05) is 0 Å². The number of aliphatic hydroxyl groups is 5. The molecule has 1 rings (SSSR count). The molecule has 1 aliphatic carbocycles. The van der Waals surface area contributed by atoms with Crippen LogP contribution in [0.25, 0.3) is 0 Å². The minimum atomic E-state index is -5.51. The predicted octanol–water partition coefficient (Wildman–Crippen LogP) is -5.36. The van der Waals surface area contributed by atoms with Crippen LogP contribution in [0.5, 0.6) is 0 Å². The molecule has 0 radical (unpaired) electrons. The Hall–Kier alpha value is 0.676. The van der Waals surface area contributed by atoms with Crippen LogP contribution in [0, 0.1) is 0 Å². The SMILES string of the molecule is O=P([O-])([O-])O[C@@H]1[C@@H](O)[C@H](O)[C@@H](O)[C@H](O)[C@@H]1O.[Mg+2]. The van der Waals surface area contributed by atoms with E-state index in [1.165, 1.54) is 0 Å². The van der Waals surface area contributed by atoms with E-state index in [1.807, 2.05) is 0 Å². The number of phosphoric acid groups is 1. The molecule has 6 atom stereocenters. The molecule has 0 saturated heterocycles. The van der Waals surface area contributed by atoms with E-state index in [4.69, 9.17) is 15.3 Å². The molecule has 0 aromatic rings. The van der Waals surface area contributed by atoms with Gasteiger partial charge in [-0.15, -0.1) is 0 Å². The van der Waals surface area contributed by atoms with Crippen LogP contribution in [0.2, 0.25) is 0 Å². The molecule has 11 heteroatoms. The van der Waals surface area contributed by atoms with Crippen LogP contribution in [-0.4, -0.2) is 85.2 Å². The van der Waals surface area contributed by atoms with Crippen LogP contribution in [-0.2, 0) is 9.09 Å².